The van der Waals surface area contributed by atoms with Gasteiger partial charge >= 0.3 is 5.97 Å². The minimum Gasteiger partial charge on any atom is -0.478 e. The molecule has 0 spiro atoms. The first-order chi connectivity index (χ1) is 8.84. The van der Waals surface area contributed by atoms with Gasteiger partial charge in [0.15, 0.2) is 9.84 Å². The van der Waals surface area contributed by atoms with Gasteiger partial charge in [0, 0.05) is 6.61 Å². The van der Waals surface area contributed by atoms with E-state index in [1.54, 1.807) is 0 Å². The van der Waals surface area contributed by atoms with Gasteiger partial charge in [-0.1, -0.05) is 26.0 Å². The van der Waals surface area contributed by atoms with Gasteiger partial charge in [-0.25, -0.2) is 13.2 Å². The second-order valence-electron chi connectivity index (χ2n) is 4.59. The molecule has 0 aliphatic rings. The van der Waals surface area contributed by atoms with Crippen molar-refractivity contribution < 1.29 is 23.1 Å². The molecule has 19 heavy (non-hydrogen) atoms. The lowest BCUT2D eigenvalue weighted by molar-refractivity contribution is 0.0692. The number of hydrogen-bond donors (Lipinski definition) is 1. The van der Waals surface area contributed by atoms with Crippen LogP contribution in [-0.2, 0) is 14.6 Å². The Balaban J connectivity index is 2.80. The number of aromatic carboxylic acids is 1. The van der Waals surface area contributed by atoms with Crippen LogP contribution in [0.1, 0.15) is 24.2 Å². The predicted octanol–water partition coefficient (Wildman–Crippen LogP) is 1.83. The van der Waals surface area contributed by atoms with Crippen LogP contribution in [0.15, 0.2) is 29.2 Å². The Kier molecular flexibility index (Phi) is 5.50. The van der Waals surface area contributed by atoms with E-state index in [4.69, 9.17) is 9.84 Å². The highest BCUT2D eigenvalue weighted by Crippen LogP contribution is 2.17. The van der Waals surface area contributed by atoms with Gasteiger partial charge in [0.25, 0.3) is 0 Å². The van der Waals surface area contributed by atoms with E-state index in [-0.39, 0.29) is 22.8 Å². The second-order valence-corrected chi connectivity index (χ2v) is 6.67. The normalized spacial score (nSPS) is 11.7. The molecule has 106 valence electrons. The maximum atomic E-state index is 12.1. The molecular weight excluding hydrogens is 268 g/mol. The SMILES string of the molecule is CC(C)COCCS(=O)(=O)c1ccccc1C(=O)O. The Morgan fingerprint density at radius 1 is 1.32 bits per heavy atom. The average molecular weight is 286 g/mol. The summed E-state index contributed by atoms with van der Waals surface area (Å²) in [5, 5.41) is 8.98. The number of ether oxygens (including phenoxy) is 1. The molecule has 0 aliphatic carbocycles. The highest BCUT2D eigenvalue weighted by atomic mass is 32.2. The molecule has 0 radical (unpaired) electrons. The van der Waals surface area contributed by atoms with Crippen LogP contribution in [0.2, 0.25) is 0 Å². The summed E-state index contributed by atoms with van der Waals surface area (Å²) < 4.78 is 29.3. The fraction of sp³-hybridized carbons (Fsp3) is 0.462. The van der Waals surface area contributed by atoms with E-state index >= 15 is 0 Å². The minimum absolute atomic E-state index is 0.0640. The van der Waals surface area contributed by atoms with E-state index < -0.39 is 15.8 Å². The number of hydrogen-bond acceptors (Lipinski definition) is 4. The van der Waals surface area contributed by atoms with Crippen LogP contribution >= 0.6 is 0 Å². The van der Waals surface area contributed by atoms with Crippen molar-refractivity contribution in [3.05, 3.63) is 29.8 Å². The summed E-state index contributed by atoms with van der Waals surface area (Å²) in [4.78, 5) is 10.8. The lowest BCUT2D eigenvalue weighted by atomic mass is 10.2. The fourth-order valence-electron chi connectivity index (χ4n) is 1.51. The van der Waals surface area contributed by atoms with E-state index in [1.807, 2.05) is 13.8 Å². The summed E-state index contributed by atoms with van der Waals surface area (Å²) >= 11 is 0. The molecule has 0 saturated heterocycles. The molecule has 0 amide bonds. The van der Waals surface area contributed by atoms with E-state index in [9.17, 15) is 13.2 Å². The standard InChI is InChI=1S/C13H18O5S/c1-10(2)9-18-7-8-19(16,17)12-6-4-3-5-11(12)13(14)15/h3-6,10H,7-9H2,1-2H3,(H,14,15). The highest BCUT2D eigenvalue weighted by Gasteiger charge is 2.21. The van der Waals surface area contributed by atoms with Crippen LogP contribution in [0, 0.1) is 5.92 Å². The van der Waals surface area contributed by atoms with Crippen LogP contribution in [0.25, 0.3) is 0 Å². The van der Waals surface area contributed by atoms with Crippen molar-refractivity contribution in [2.24, 2.45) is 5.92 Å². The third-order valence-corrected chi connectivity index (χ3v) is 4.13. The first kappa shape index (κ1) is 15.7. The van der Waals surface area contributed by atoms with Gasteiger partial charge in [0.2, 0.25) is 0 Å². The second kappa shape index (κ2) is 6.68. The van der Waals surface area contributed by atoms with Gasteiger partial charge in [0.1, 0.15) is 0 Å². The van der Waals surface area contributed by atoms with Crippen molar-refractivity contribution in [1.29, 1.82) is 0 Å². The van der Waals surface area contributed by atoms with Crippen LogP contribution < -0.4 is 0 Å². The van der Waals surface area contributed by atoms with Gasteiger partial charge in [-0.2, -0.15) is 0 Å². The average Bonchev–Trinajstić information content (AvgIpc) is 2.34. The zero-order valence-electron chi connectivity index (χ0n) is 11.0. The predicted molar refractivity (Wildman–Crippen MR) is 71.1 cm³/mol. The summed E-state index contributed by atoms with van der Waals surface area (Å²) in [5.41, 5.74) is -0.202. The number of sulfone groups is 1. The Labute approximate surface area is 113 Å². The largest absolute Gasteiger partial charge is 0.478 e. The summed E-state index contributed by atoms with van der Waals surface area (Å²) in [6.45, 7) is 4.48. The summed E-state index contributed by atoms with van der Waals surface area (Å²) in [7, 11) is -3.64. The Morgan fingerprint density at radius 3 is 2.53 bits per heavy atom. The van der Waals surface area contributed by atoms with Crippen LogP contribution in [0.5, 0.6) is 0 Å². The zero-order valence-corrected chi connectivity index (χ0v) is 11.8. The topological polar surface area (TPSA) is 80.7 Å². The van der Waals surface area contributed by atoms with Crippen LogP contribution in [0.4, 0.5) is 0 Å². The van der Waals surface area contributed by atoms with E-state index in [0.29, 0.717) is 12.5 Å². The molecule has 0 saturated carbocycles. The molecule has 0 aliphatic heterocycles. The molecule has 1 N–H and O–H groups in total. The molecule has 0 heterocycles. The zero-order chi connectivity index (χ0) is 14.5. The third-order valence-electron chi connectivity index (χ3n) is 2.40. The van der Waals surface area contributed by atoms with Crippen molar-refractivity contribution >= 4 is 15.8 Å². The smallest absolute Gasteiger partial charge is 0.337 e. The van der Waals surface area contributed by atoms with Gasteiger partial charge in [-0.05, 0) is 18.1 Å². The van der Waals surface area contributed by atoms with E-state index in [0.717, 1.165) is 0 Å². The van der Waals surface area contributed by atoms with Gasteiger partial charge in [0.05, 0.1) is 22.8 Å². The first-order valence-corrected chi connectivity index (χ1v) is 7.62. The molecule has 0 bridgehead atoms. The first-order valence-electron chi connectivity index (χ1n) is 5.97. The monoisotopic (exact) mass is 286 g/mol. The number of rotatable bonds is 7. The van der Waals surface area contributed by atoms with Crippen molar-refractivity contribution in [1.82, 2.24) is 0 Å². The highest BCUT2D eigenvalue weighted by molar-refractivity contribution is 7.91. The Bertz CT molecular complexity index is 534. The quantitative estimate of drug-likeness (QED) is 0.773. The molecule has 1 rings (SSSR count). The number of carboxylic acid groups (broad SMARTS) is 1. The lowest BCUT2D eigenvalue weighted by Gasteiger charge is -2.09. The van der Waals surface area contributed by atoms with Crippen molar-refractivity contribution in [3.63, 3.8) is 0 Å². The van der Waals surface area contributed by atoms with Crippen molar-refractivity contribution in [2.45, 2.75) is 18.7 Å². The molecule has 1 aromatic rings. The van der Waals surface area contributed by atoms with Crippen molar-refractivity contribution in [3.8, 4) is 0 Å². The lowest BCUT2D eigenvalue weighted by Crippen LogP contribution is -2.17. The molecule has 0 atom stereocenters. The number of carbonyl (C=O) groups is 1. The molecule has 1 aromatic carbocycles. The fourth-order valence-corrected chi connectivity index (χ4v) is 2.85. The Morgan fingerprint density at radius 2 is 1.95 bits per heavy atom. The van der Waals surface area contributed by atoms with Crippen molar-refractivity contribution in [2.75, 3.05) is 19.0 Å². The molecule has 0 unspecified atom stereocenters. The number of benzene rings is 1. The third kappa shape index (κ3) is 4.65. The van der Waals surface area contributed by atoms with E-state index in [2.05, 4.69) is 0 Å². The summed E-state index contributed by atoms with van der Waals surface area (Å²) in [6.07, 6.45) is 0. The van der Waals surface area contributed by atoms with Gasteiger partial charge < -0.3 is 9.84 Å². The minimum atomic E-state index is -3.64. The van der Waals surface area contributed by atoms with Gasteiger partial charge in [-0.15, -0.1) is 0 Å². The summed E-state index contributed by atoms with van der Waals surface area (Å²) in [6, 6.07) is 5.59. The molecule has 0 aromatic heterocycles. The van der Waals surface area contributed by atoms with Gasteiger partial charge in [-0.3, -0.25) is 0 Å². The van der Waals surface area contributed by atoms with Crippen LogP contribution in [0.3, 0.4) is 0 Å². The molecule has 6 heteroatoms. The molecular formula is C13H18O5S. The van der Waals surface area contributed by atoms with Crippen LogP contribution in [-0.4, -0.2) is 38.5 Å². The maximum Gasteiger partial charge on any atom is 0.337 e. The van der Waals surface area contributed by atoms with E-state index in [1.165, 1.54) is 24.3 Å². The molecule has 0 fully saturated rings. The molecule has 5 nitrogen and oxygen atoms in total. The number of carboxylic acids is 1. The summed E-state index contributed by atoms with van der Waals surface area (Å²) in [5.74, 6) is -1.14. The maximum absolute atomic E-state index is 12.1. The Hall–Kier alpha value is -1.40.